The van der Waals surface area contributed by atoms with Gasteiger partial charge in [0.15, 0.2) is 0 Å². The molecule has 10 heteroatoms. The topological polar surface area (TPSA) is 72.2 Å². The van der Waals surface area contributed by atoms with Gasteiger partial charge in [0.1, 0.15) is 4.99 Å². The number of anilines is 1. The molecule has 0 aliphatic heterocycles. The van der Waals surface area contributed by atoms with Gasteiger partial charge in [0.25, 0.3) is 0 Å². The molecule has 21 heavy (non-hydrogen) atoms. The summed E-state index contributed by atoms with van der Waals surface area (Å²) in [5, 5.41) is 0.0553. The number of benzene rings is 1. The lowest BCUT2D eigenvalue weighted by Crippen LogP contribution is -2.19. The molecule has 0 saturated heterocycles. The molecule has 0 aromatic heterocycles. The average molecular weight is 361 g/mol. The van der Waals surface area contributed by atoms with E-state index in [1.165, 1.54) is 18.2 Å². The zero-order valence-corrected chi connectivity index (χ0v) is 13.0. The van der Waals surface area contributed by atoms with E-state index in [1.54, 1.807) is 0 Å². The first-order valence-electron chi connectivity index (χ1n) is 5.67. The van der Waals surface area contributed by atoms with Crippen molar-refractivity contribution in [3.63, 3.8) is 0 Å². The van der Waals surface area contributed by atoms with E-state index in [-0.39, 0.29) is 15.7 Å². The molecule has 1 rings (SSSR count). The Morgan fingerprint density at radius 2 is 2.00 bits per heavy atom. The number of nitrogens with two attached hydrogens (primary N) is 1. The van der Waals surface area contributed by atoms with Gasteiger partial charge in [-0.05, 0) is 24.6 Å². The van der Waals surface area contributed by atoms with Gasteiger partial charge in [-0.25, -0.2) is 8.42 Å². The van der Waals surface area contributed by atoms with Crippen LogP contribution in [0.4, 0.5) is 18.9 Å². The number of halogens is 4. The van der Waals surface area contributed by atoms with Crippen LogP contribution in [-0.2, 0) is 10.0 Å². The summed E-state index contributed by atoms with van der Waals surface area (Å²) in [4.78, 5) is 0.0940. The third kappa shape index (κ3) is 6.49. The van der Waals surface area contributed by atoms with E-state index in [9.17, 15) is 21.6 Å². The quantitative estimate of drug-likeness (QED) is 0.765. The zero-order valence-electron chi connectivity index (χ0n) is 10.6. The first kappa shape index (κ1) is 18.0. The van der Waals surface area contributed by atoms with Gasteiger partial charge in [0, 0.05) is 12.0 Å². The highest BCUT2D eigenvalue weighted by Gasteiger charge is 2.27. The van der Waals surface area contributed by atoms with E-state index < -0.39 is 34.8 Å². The molecule has 0 fully saturated rings. The molecule has 0 heterocycles. The number of hydrogen-bond acceptors (Lipinski definition) is 3. The third-order valence-corrected chi connectivity index (χ3v) is 4.30. The van der Waals surface area contributed by atoms with Crippen molar-refractivity contribution < 1.29 is 21.6 Å². The number of thiocarbonyl (C=S) groups is 1. The number of hydrogen-bond donors (Lipinski definition) is 2. The summed E-state index contributed by atoms with van der Waals surface area (Å²) in [7, 11) is -3.91. The standard InChI is InChI=1S/C11H12ClF3N2O2S2/c12-8-6-7(10(16)20)2-3-9(8)17-21(18,19)5-1-4-11(13,14)15/h2-3,6,17H,1,4-5H2,(H2,16,20). The van der Waals surface area contributed by atoms with Crippen molar-refractivity contribution >= 4 is 44.5 Å². The van der Waals surface area contributed by atoms with E-state index in [0.717, 1.165) is 0 Å². The summed E-state index contributed by atoms with van der Waals surface area (Å²) in [6.45, 7) is 0. The third-order valence-electron chi connectivity index (χ3n) is 2.39. The highest BCUT2D eigenvalue weighted by molar-refractivity contribution is 7.92. The fraction of sp³-hybridized carbons (Fsp3) is 0.364. The molecular formula is C11H12ClF3N2O2S2. The smallest absolute Gasteiger partial charge is 0.389 e. The maximum Gasteiger partial charge on any atom is 0.389 e. The fourth-order valence-corrected chi connectivity index (χ4v) is 2.98. The van der Waals surface area contributed by atoms with Crippen LogP contribution in [0.25, 0.3) is 0 Å². The minimum atomic E-state index is -4.38. The van der Waals surface area contributed by atoms with E-state index in [2.05, 4.69) is 4.72 Å². The normalized spacial score (nSPS) is 12.2. The molecule has 4 nitrogen and oxygen atoms in total. The Morgan fingerprint density at radius 1 is 1.38 bits per heavy atom. The van der Waals surface area contributed by atoms with Crippen molar-refractivity contribution in [1.82, 2.24) is 0 Å². The molecule has 0 aliphatic carbocycles. The molecule has 0 atom stereocenters. The molecule has 0 unspecified atom stereocenters. The van der Waals surface area contributed by atoms with E-state index >= 15 is 0 Å². The van der Waals surface area contributed by atoms with Gasteiger partial charge < -0.3 is 5.73 Å². The monoisotopic (exact) mass is 360 g/mol. The molecule has 118 valence electrons. The van der Waals surface area contributed by atoms with Gasteiger partial charge in [-0.2, -0.15) is 13.2 Å². The minimum Gasteiger partial charge on any atom is -0.389 e. The minimum absolute atomic E-state index is 0.0553. The van der Waals surface area contributed by atoms with Gasteiger partial charge in [-0.3, -0.25) is 4.72 Å². The lowest BCUT2D eigenvalue weighted by Gasteiger charge is -2.11. The molecule has 1 aromatic carbocycles. The average Bonchev–Trinajstić information content (AvgIpc) is 2.29. The fourth-order valence-electron chi connectivity index (χ4n) is 1.43. The second-order valence-corrected chi connectivity index (χ2v) is 6.89. The van der Waals surface area contributed by atoms with E-state index in [1.807, 2.05) is 0 Å². The second-order valence-electron chi connectivity index (χ2n) is 4.20. The molecule has 0 radical (unpaired) electrons. The van der Waals surface area contributed by atoms with Gasteiger partial charge in [-0.1, -0.05) is 23.8 Å². The van der Waals surface area contributed by atoms with Crippen LogP contribution >= 0.6 is 23.8 Å². The number of alkyl halides is 3. The highest BCUT2D eigenvalue weighted by Crippen LogP contribution is 2.25. The first-order valence-corrected chi connectivity index (χ1v) is 8.10. The molecule has 0 amide bonds. The zero-order chi connectivity index (χ0) is 16.3. The van der Waals surface area contributed by atoms with Crippen LogP contribution in [0.2, 0.25) is 5.02 Å². The van der Waals surface area contributed by atoms with Crippen molar-refractivity contribution in [2.24, 2.45) is 5.73 Å². The SMILES string of the molecule is NC(=S)c1ccc(NS(=O)(=O)CCCC(F)(F)F)c(Cl)c1. The summed E-state index contributed by atoms with van der Waals surface area (Å²) in [6, 6.07) is 4.18. The van der Waals surface area contributed by atoms with Crippen LogP contribution in [0.15, 0.2) is 18.2 Å². The van der Waals surface area contributed by atoms with Gasteiger partial charge in [0.05, 0.1) is 16.5 Å². The Balaban J connectivity index is 2.73. The van der Waals surface area contributed by atoms with Crippen LogP contribution in [-0.4, -0.2) is 25.3 Å². The summed E-state index contributed by atoms with van der Waals surface area (Å²) in [5.74, 6) is -0.653. The molecule has 3 N–H and O–H groups in total. The number of nitrogens with one attached hydrogen (secondary N) is 1. The Bertz CT molecular complexity index is 633. The highest BCUT2D eigenvalue weighted by atomic mass is 35.5. The summed E-state index contributed by atoms with van der Waals surface area (Å²) < 4.78 is 61.4. The lowest BCUT2D eigenvalue weighted by molar-refractivity contribution is -0.134. The Hall–Kier alpha value is -1.06. The predicted molar refractivity (Wildman–Crippen MR) is 80.0 cm³/mol. The Morgan fingerprint density at radius 3 is 2.48 bits per heavy atom. The van der Waals surface area contributed by atoms with Gasteiger partial charge >= 0.3 is 6.18 Å². The van der Waals surface area contributed by atoms with E-state index in [4.69, 9.17) is 29.6 Å². The van der Waals surface area contributed by atoms with Crippen molar-refractivity contribution in [2.45, 2.75) is 19.0 Å². The summed E-state index contributed by atoms with van der Waals surface area (Å²) in [6.07, 6.45) is -6.07. The number of rotatable bonds is 6. The van der Waals surface area contributed by atoms with Crippen molar-refractivity contribution in [2.75, 3.05) is 10.5 Å². The van der Waals surface area contributed by atoms with Crippen LogP contribution in [0.5, 0.6) is 0 Å². The molecule has 0 spiro atoms. The molecule has 0 aliphatic rings. The molecule has 1 aromatic rings. The molecule has 0 bridgehead atoms. The number of sulfonamides is 1. The maximum atomic E-state index is 12.0. The van der Waals surface area contributed by atoms with Crippen LogP contribution in [0.1, 0.15) is 18.4 Å². The molecular weight excluding hydrogens is 349 g/mol. The van der Waals surface area contributed by atoms with Gasteiger partial charge in [0.2, 0.25) is 10.0 Å². The summed E-state index contributed by atoms with van der Waals surface area (Å²) >= 11 is 10.6. The predicted octanol–water partition coefficient (Wildman–Crippen LogP) is 3.06. The Kier molecular flexibility index (Phi) is 5.83. The second kappa shape index (κ2) is 6.80. The Labute approximate surface area is 130 Å². The lowest BCUT2D eigenvalue weighted by atomic mass is 10.2. The van der Waals surface area contributed by atoms with Crippen molar-refractivity contribution in [3.05, 3.63) is 28.8 Å². The van der Waals surface area contributed by atoms with Gasteiger partial charge in [-0.15, -0.1) is 0 Å². The van der Waals surface area contributed by atoms with E-state index in [0.29, 0.717) is 5.56 Å². The van der Waals surface area contributed by atoms with Crippen molar-refractivity contribution in [1.29, 1.82) is 0 Å². The van der Waals surface area contributed by atoms with Crippen molar-refractivity contribution in [3.8, 4) is 0 Å². The first-order chi connectivity index (χ1) is 9.50. The van der Waals surface area contributed by atoms with Crippen LogP contribution in [0, 0.1) is 0 Å². The van der Waals surface area contributed by atoms with Crippen LogP contribution < -0.4 is 10.5 Å². The maximum absolute atomic E-state index is 12.0. The largest absolute Gasteiger partial charge is 0.389 e. The van der Waals surface area contributed by atoms with Crippen LogP contribution in [0.3, 0.4) is 0 Å². The summed E-state index contributed by atoms with van der Waals surface area (Å²) in [5.41, 5.74) is 5.91. The molecule has 0 saturated carbocycles.